The van der Waals surface area contributed by atoms with Gasteiger partial charge in [0.1, 0.15) is 11.4 Å². The molecule has 11 heteroatoms. The summed E-state index contributed by atoms with van der Waals surface area (Å²) in [6, 6.07) is 2.36. The highest BCUT2D eigenvalue weighted by Crippen LogP contribution is 2.45. The summed E-state index contributed by atoms with van der Waals surface area (Å²) in [6.45, 7) is 0.941. The molecule has 0 bridgehead atoms. The zero-order valence-electron chi connectivity index (χ0n) is 17.7. The highest BCUT2D eigenvalue weighted by Gasteiger charge is 2.47. The Labute approximate surface area is 183 Å². The number of alkyl halides is 3. The van der Waals surface area contributed by atoms with Crippen molar-refractivity contribution in [2.75, 3.05) is 32.7 Å². The van der Waals surface area contributed by atoms with Crippen LogP contribution in [0.2, 0.25) is 0 Å². The molecule has 0 radical (unpaired) electrons. The van der Waals surface area contributed by atoms with Crippen LogP contribution in [0.15, 0.2) is 24.4 Å². The molecule has 1 aromatic carbocycles. The second kappa shape index (κ2) is 8.89. The summed E-state index contributed by atoms with van der Waals surface area (Å²) in [5.41, 5.74) is 0.637. The second-order valence-electron chi connectivity index (χ2n) is 7.80. The first-order valence-corrected chi connectivity index (χ1v) is 10.3. The van der Waals surface area contributed by atoms with Crippen molar-refractivity contribution >= 4 is 11.7 Å². The van der Waals surface area contributed by atoms with E-state index in [0.717, 1.165) is 17.5 Å². The summed E-state index contributed by atoms with van der Waals surface area (Å²) in [7, 11) is 2.94. The minimum Gasteiger partial charge on any atom is -0.493 e. The molecule has 0 unspecified atom stereocenters. The Balaban J connectivity index is 1.63. The lowest BCUT2D eigenvalue weighted by Gasteiger charge is -2.34. The predicted molar refractivity (Wildman–Crippen MR) is 109 cm³/mol. The molecule has 174 valence electrons. The molecule has 1 fully saturated rings. The van der Waals surface area contributed by atoms with Crippen LogP contribution >= 0.6 is 0 Å². The third-order valence-electron chi connectivity index (χ3n) is 5.81. The van der Waals surface area contributed by atoms with Crippen molar-refractivity contribution in [2.45, 2.75) is 43.6 Å². The molecule has 32 heavy (non-hydrogen) atoms. The van der Waals surface area contributed by atoms with Crippen LogP contribution in [0.3, 0.4) is 0 Å². The zero-order valence-corrected chi connectivity index (χ0v) is 17.7. The van der Waals surface area contributed by atoms with Gasteiger partial charge in [0.05, 0.1) is 32.6 Å². The molecule has 0 aliphatic carbocycles. The van der Waals surface area contributed by atoms with Crippen molar-refractivity contribution in [2.24, 2.45) is 0 Å². The first kappa shape index (κ1) is 22.3. The molecule has 0 spiro atoms. The first-order valence-electron chi connectivity index (χ1n) is 10.3. The minimum atomic E-state index is -4.54. The molecule has 0 saturated carbocycles. The van der Waals surface area contributed by atoms with E-state index in [1.165, 1.54) is 20.4 Å². The van der Waals surface area contributed by atoms with Crippen LogP contribution in [0.5, 0.6) is 11.5 Å². The van der Waals surface area contributed by atoms with E-state index in [9.17, 15) is 18.0 Å². The molecular weight excluding hydrogens is 429 g/mol. The number of carbonyl (C=O) groups excluding carboxylic acids is 1. The highest BCUT2D eigenvalue weighted by molar-refractivity contribution is 5.98. The third-order valence-corrected chi connectivity index (χ3v) is 5.81. The van der Waals surface area contributed by atoms with E-state index >= 15 is 0 Å². The normalized spacial score (nSPS) is 22.7. The number of fused-ring (bicyclic) bond motifs is 1. The molecule has 2 aliphatic heterocycles. The molecule has 1 amide bonds. The summed E-state index contributed by atoms with van der Waals surface area (Å²) in [6.07, 6.45) is -1.98. The van der Waals surface area contributed by atoms with Gasteiger partial charge in [-0.1, -0.05) is 6.07 Å². The fourth-order valence-corrected chi connectivity index (χ4v) is 4.12. The quantitative estimate of drug-likeness (QED) is 0.695. The lowest BCUT2D eigenvalue weighted by Crippen LogP contribution is -2.37. The number of hydrogen-bond acceptors (Lipinski definition) is 6. The van der Waals surface area contributed by atoms with Crippen molar-refractivity contribution < 1.29 is 32.2 Å². The summed E-state index contributed by atoms with van der Waals surface area (Å²) in [5, 5.41) is 9.71. The molecule has 4 rings (SSSR count). The van der Waals surface area contributed by atoms with Gasteiger partial charge in [-0.3, -0.25) is 4.79 Å². The fraction of sp³-hybridized carbons (Fsp3) is 0.524. The number of methoxy groups -OCH3 is 2. The van der Waals surface area contributed by atoms with E-state index in [1.807, 2.05) is 0 Å². The maximum absolute atomic E-state index is 13.9. The van der Waals surface area contributed by atoms with E-state index in [1.54, 1.807) is 18.2 Å². The second-order valence-corrected chi connectivity index (χ2v) is 7.80. The lowest BCUT2D eigenvalue weighted by atomic mass is 9.96. The number of rotatable bonds is 6. The van der Waals surface area contributed by atoms with Crippen molar-refractivity contribution in [1.29, 1.82) is 0 Å². The monoisotopic (exact) mass is 454 g/mol. The largest absolute Gasteiger partial charge is 0.493 e. The van der Waals surface area contributed by atoms with Crippen LogP contribution in [-0.2, 0) is 4.74 Å². The van der Waals surface area contributed by atoms with Crippen LogP contribution in [0.25, 0.3) is 0 Å². The zero-order chi connectivity index (χ0) is 22.9. The summed E-state index contributed by atoms with van der Waals surface area (Å²) in [4.78, 5) is 12.7. The lowest BCUT2D eigenvalue weighted by molar-refractivity contribution is -0.173. The maximum atomic E-state index is 13.9. The van der Waals surface area contributed by atoms with Crippen LogP contribution in [0.4, 0.5) is 19.0 Å². The smallest absolute Gasteiger partial charge is 0.410 e. The van der Waals surface area contributed by atoms with Gasteiger partial charge in [-0.05, 0) is 30.5 Å². The number of ether oxygens (including phenoxy) is 3. The maximum Gasteiger partial charge on any atom is 0.410 e. The Morgan fingerprint density at radius 3 is 2.75 bits per heavy atom. The van der Waals surface area contributed by atoms with Crippen LogP contribution in [0.1, 0.15) is 47.3 Å². The first-order chi connectivity index (χ1) is 15.3. The third kappa shape index (κ3) is 4.34. The Morgan fingerprint density at radius 2 is 2.09 bits per heavy atom. The summed E-state index contributed by atoms with van der Waals surface area (Å²) in [5.74, 6) is 0.411. The van der Waals surface area contributed by atoms with E-state index in [-0.39, 0.29) is 23.9 Å². The Morgan fingerprint density at radius 1 is 1.31 bits per heavy atom. The number of halogens is 3. The Bertz CT molecular complexity index is 972. The molecule has 2 aliphatic rings. The number of benzene rings is 1. The number of amides is 1. The number of nitrogens with zero attached hydrogens (tertiary/aromatic N) is 2. The van der Waals surface area contributed by atoms with Gasteiger partial charge >= 0.3 is 6.18 Å². The van der Waals surface area contributed by atoms with Gasteiger partial charge in [0.15, 0.2) is 17.5 Å². The van der Waals surface area contributed by atoms with Crippen LogP contribution < -0.4 is 20.1 Å². The van der Waals surface area contributed by atoms with Gasteiger partial charge in [-0.25, -0.2) is 4.68 Å². The van der Waals surface area contributed by atoms with Crippen molar-refractivity contribution in [3.8, 4) is 11.5 Å². The van der Waals surface area contributed by atoms with Crippen LogP contribution in [0, 0.1) is 0 Å². The van der Waals surface area contributed by atoms with Crippen molar-refractivity contribution in [3.05, 3.63) is 35.5 Å². The summed E-state index contributed by atoms with van der Waals surface area (Å²) >= 11 is 0. The predicted octanol–water partition coefficient (Wildman–Crippen LogP) is 3.47. The Hall–Kier alpha value is -2.95. The topological polar surface area (TPSA) is 86.6 Å². The van der Waals surface area contributed by atoms with E-state index in [0.29, 0.717) is 30.2 Å². The van der Waals surface area contributed by atoms with Gasteiger partial charge in [0.2, 0.25) is 0 Å². The molecule has 2 N–H and O–H groups in total. The van der Waals surface area contributed by atoms with Gasteiger partial charge in [-0.2, -0.15) is 18.3 Å². The molecular formula is C21H25F3N4O4. The number of carbonyl (C=O) groups is 1. The number of anilines is 1. The number of hydrogen-bond donors (Lipinski definition) is 2. The van der Waals surface area contributed by atoms with Crippen LogP contribution in [-0.4, -0.2) is 55.3 Å². The van der Waals surface area contributed by atoms with Gasteiger partial charge in [0.25, 0.3) is 5.91 Å². The van der Waals surface area contributed by atoms with Gasteiger partial charge in [0, 0.05) is 19.6 Å². The Kier molecular flexibility index (Phi) is 6.18. The van der Waals surface area contributed by atoms with E-state index in [4.69, 9.17) is 14.2 Å². The number of nitrogens with one attached hydrogen (secondary N) is 2. The molecule has 8 nitrogen and oxygen atoms in total. The molecule has 3 atom stereocenters. The summed E-state index contributed by atoms with van der Waals surface area (Å²) < 4.78 is 58.5. The van der Waals surface area contributed by atoms with Crippen molar-refractivity contribution in [3.63, 3.8) is 0 Å². The molecule has 2 aromatic rings. The van der Waals surface area contributed by atoms with Gasteiger partial charge < -0.3 is 24.8 Å². The average Bonchev–Trinajstić information content (AvgIpc) is 3.45. The SMILES string of the molecule is COc1ccc([C@H]2C[C@H](C(F)(F)F)n3ncc(C(=O)NC[C@H]4CCCO4)c3N2)cc1OC. The van der Waals surface area contributed by atoms with E-state index in [2.05, 4.69) is 15.7 Å². The van der Waals surface area contributed by atoms with Gasteiger partial charge in [-0.15, -0.1) is 0 Å². The standard InChI is InChI=1S/C21H25F3N4O4/c1-30-16-6-5-12(8-17(16)31-2)15-9-18(21(22,23)24)28-19(27-15)14(11-26-28)20(29)25-10-13-4-3-7-32-13/h5-6,8,11,13,15,18,27H,3-4,7,9-10H2,1-2H3,(H,25,29)/t13-,15-,18-/m1/s1. The number of aromatic nitrogens is 2. The molecule has 1 saturated heterocycles. The minimum absolute atomic E-state index is 0.0307. The molecule has 1 aromatic heterocycles. The fourth-order valence-electron chi connectivity index (χ4n) is 4.12. The van der Waals surface area contributed by atoms with Crippen molar-refractivity contribution in [1.82, 2.24) is 15.1 Å². The average molecular weight is 454 g/mol. The highest BCUT2D eigenvalue weighted by atomic mass is 19.4. The molecule has 3 heterocycles. The van der Waals surface area contributed by atoms with E-state index < -0.39 is 24.2 Å².